The first kappa shape index (κ1) is 11.6. The molecule has 0 saturated carbocycles. The Morgan fingerprint density at radius 1 is 1.50 bits per heavy atom. The molecule has 0 amide bonds. The summed E-state index contributed by atoms with van der Waals surface area (Å²) in [4.78, 5) is 11.0. The summed E-state index contributed by atoms with van der Waals surface area (Å²) in [7, 11) is 0. The second-order valence-corrected chi connectivity index (χ2v) is 5.19. The molecular weight excluding hydrogens is 228 g/mol. The highest BCUT2D eigenvalue weighted by molar-refractivity contribution is 5.73. The van der Waals surface area contributed by atoms with Crippen LogP contribution in [0.1, 0.15) is 40.6 Å². The maximum absolute atomic E-state index is 11.0. The van der Waals surface area contributed by atoms with Gasteiger partial charge in [-0.15, -0.1) is 0 Å². The van der Waals surface area contributed by atoms with Gasteiger partial charge >= 0.3 is 5.97 Å². The second kappa shape index (κ2) is 5.89. The van der Waals surface area contributed by atoms with Gasteiger partial charge in [-0.05, 0) is 57.7 Å². The minimum Gasteiger partial charge on any atom is -0.493 e. The van der Waals surface area contributed by atoms with Crippen LogP contribution in [-0.4, -0.2) is 17.7 Å². The fourth-order valence-electron chi connectivity index (χ4n) is 1.53. The van der Waals surface area contributed by atoms with Gasteiger partial charge in [-0.2, -0.15) is 0 Å². The molecule has 0 aliphatic carbocycles. The lowest BCUT2D eigenvalue weighted by Crippen LogP contribution is -2.24. The van der Waals surface area contributed by atoms with Gasteiger partial charge in [0.25, 0.3) is 0 Å². The number of hydrogen-bond donors (Lipinski definition) is 1. The molecule has 0 radical (unpaired) electrons. The zero-order valence-corrected chi connectivity index (χ0v) is 11.5. The maximum Gasteiger partial charge on any atom is 0.309 e. The molecule has 18 heavy (non-hydrogen) atoms. The molecule has 0 aliphatic heterocycles. The molecule has 1 aromatic carbocycles. The van der Waals surface area contributed by atoms with Crippen molar-refractivity contribution in [3.05, 3.63) is 29.3 Å². The molecule has 100 valence electrons. The van der Waals surface area contributed by atoms with Crippen molar-refractivity contribution in [2.24, 2.45) is 5.41 Å². The van der Waals surface area contributed by atoms with Gasteiger partial charge in [0.05, 0.1) is 14.8 Å². The highest BCUT2D eigenvalue weighted by atomic mass is 16.5. The van der Waals surface area contributed by atoms with E-state index in [1.54, 1.807) is 26.8 Å². The molecule has 0 aliphatic rings. The van der Waals surface area contributed by atoms with Gasteiger partial charge in [0, 0.05) is 0 Å². The molecule has 0 bridgehead atoms. The zero-order chi connectivity index (χ0) is 15.5. The van der Waals surface area contributed by atoms with Gasteiger partial charge in [0.1, 0.15) is 5.75 Å². The first-order chi connectivity index (χ1) is 9.16. The second-order valence-electron chi connectivity index (χ2n) is 5.19. The molecule has 0 unspecified atom stereocenters. The van der Waals surface area contributed by atoms with Crippen LogP contribution in [0.15, 0.2) is 18.2 Å². The van der Waals surface area contributed by atoms with Gasteiger partial charge in [-0.1, -0.05) is 12.1 Å². The van der Waals surface area contributed by atoms with Gasteiger partial charge in [-0.3, -0.25) is 4.79 Å². The van der Waals surface area contributed by atoms with E-state index in [1.165, 1.54) is 0 Å². The van der Waals surface area contributed by atoms with Gasteiger partial charge in [0.15, 0.2) is 0 Å². The molecule has 0 aromatic heterocycles. The molecule has 0 atom stereocenters. The number of hydrogen-bond acceptors (Lipinski definition) is 2. The minimum atomic E-state index is -0.815. The highest BCUT2D eigenvalue weighted by Gasteiger charge is 2.26. The fourth-order valence-corrected chi connectivity index (χ4v) is 1.53. The number of aliphatic carboxylic acids is 1. The van der Waals surface area contributed by atoms with Crippen LogP contribution in [0.5, 0.6) is 5.75 Å². The Labute approximate surface area is 112 Å². The van der Waals surface area contributed by atoms with E-state index in [9.17, 15) is 4.79 Å². The molecule has 0 heterocycles. The number of benzene rings is 1. The normalized spacial score (nSPS) is 12.9. The van der Waals surface area contributed by atoms with E-state index in [2.05, 4.69) is 0 Å². The van der Waals surface area contributed by atoms with Crippen molar-refractivity contribution >= 4 is 5.97 Å². The average molecular weight is 252 g/mol. The lowest BCUT2D eigenvalue weighted by Gasteiger charge is -2.19. The van der Waals surface area contributed by atoms with E-state index < -0.39 is 11.4 Å². The molecule has 1 N–H and O–H groups in total. The summed E-state index contributed by atoms with van der Waals surface area (Å²) in [5.74, 6) is -0.323. The van der Waals surface area contributed by atoms with Crippen LogP contribution in [0.4, 0.5) is 0 Å². The SMILES string of the molecule is [2H]c1cc(C)c(OCCCC(C)(C)C(=O)O)c([2H])c1C. The van der Waals surface area contributed by atoms with Crippen molar-refractivity contribution in [2.45, 2.75) is 40.5 Å². The summed E-state index contributed by atoms with van der Waals surface area (Å²) < 4.78 is 21.3. The van der Waals surface area contributed by atoms with Gasteiger partial charge in [-0.25, -0.2) is 0 Å². The standard InChI is InChI=1S/C15H22O3/c1-11-6-7-12(2)13(10-11)18-9-5-8-15(3,4)14(16)17/h6-7,10H,5,8-9H2,1-4H3,(H,16,17)/i6D,10D. The Kier molecular flexibility index (Phi) is 3.79. The quantitative estimate of drug-likeness (QED) is 0.787. The smallest absolute Gasteiger partial charge is 0.309 e. The Hall–Kier alpha value is -1.51. The number of rotatable bonds is 6. The highest BCUT2D eigenvalue weighted by Crippen LogP contribution is 2.23. The first-order valence-electron chi connectivity index (χ1n) is 7.10. The summed E-state index contributed by atoms with van der Waals surface area (Å²) in [6.07, 6.45) is 1.13. The van der Waals surface area contributed by atoms with Crippen LogP contribution >= 0.6 is 0 Å². The summed E-state index contributed by atoms with van der Waals surface area (Å²) in [5.41, 5.74) is 0.600. The van der Waals surface area contributed by atoms with Crippen molar-refractivity contribution < 1.29 is 17.4 Å². The molecule has 1 rings (SSSR count). The molecular formula is C15H22O3. The number of carboxylic acids is 1. The zero-order valence-electron chi connectivity index (χ0n) is 13.5. The largest absolute Gasteiger partial charge is 0.493 e. The molecule has 1 aromatic rings. The number of carbonyl (C=O) groups is 1. The Morgan fingerprint density at radius 2 is 2.17 bits per heavy atom. The Balaban J connectivity index is 2.64. The third kappa shape index (κ3) is 4.06. The molecule has 0 spiro atoms. The van der Waals surface area contributed by atoms with E-state index in [0.717, 1.165) is 5.56 Å². The van der Waals surface area contributed by atoms with Crippen molar-refractivity contribution in [1.82, 2.24) is 0 Å². The molecule has 0 fully saturated rings. The number of ether oxygens (including phenoxy) is 1. The van der Waals surface area contributed by atoms with E-state index in [-0.39, 0.29) is 6.04 Å². The van der Waals surface area contributed by atoms with Crippen molar-refractivity contribution in [3.8, 4) is 5.75 Å². The minimum absolute atomic E-state index is 0.243. The van der Waals surface area contributed by atoms with Crippen molar-refractivity contribution in [1.29, 1.82) is 0 Å². The summed E-state index contributed by atoms with van der Waals surface area (Å²) in [6.45, 7) is 7.29. The molecule has 3 nitrogen and oxygen atoms in total. The van der Waals surface area contributed by atoms with Crippen LogP contribution in [-0.2, 0) is 4.79 Å². The monoisotopic (exact) mass is 252 g/mol. The van der Waals surface area contributed by atoms with E-state index in [0.29, 0.717) is 36.8 Å². The summed E-state index contributed by atoms with van der Waals surface area (Å²) in [6, 6.07) is 2.27. The molecule has 0 saturated heterocycles. The van der Waals surface area contributed by atoms with Crippen molar-refractivity contribution in [3.63, 3.8) is 0 Å². The van der Waals surface area contributed by atoms with Crippen LogP contribution in [0.3, 0.4) is 0 Å². The van der Waals surface area contributed by atoms with E-state index >= 15 is 0 Å². The first-order valence-corrected chi connectivity index (χ1v) is 6.10. The van der Waals surface area contributed by atoms with Crippen LogP contribution in [0, 0.1) is 19.3 Å². The van der Waals surface area contributed by atoms with E-state index in [1.807, 2.05) is 6.92 Å². The van der Waals surface area contributed by atoms with Gasteiger partial charge in [0.2, 0.25) is 0 Å². The van der Waals surface area contributed by atoms with Crippen LogP contribution in [0.2, 0.25) is 0 Å². The Bertz CT molecular complexity index is 510. The predicted octanol–water partition coefficient (Wildman–Crippen LogP) is 3.57. The van der Waals surface area contributed by atoms with Crippen LogP contribution < -0.4 is 4.74 Å². The molecule has 3 heteroatoms. The van der Waals surface area contributed by atoms with E-state index in [4.69, 9.17) is 12.6 Å². The topological polar surface area (TPSA) is 46.5 Å². The number of aryl methyl sites for hydroxylation is 1. The Morgan fingerprint density at radius 3 is 2.78 bits per heavy atom. The lowest BCUT2D eigenvalue weighted by atomic mass is 9.88. The van der Waals surface area contributed by atoms with Gasteiger partial charge < -0.3 is 9.84 Å². The third-order valence-corrected chi connectivity index (χ3v) is 2.94. The fraction of sp³-hybridized carbons (Fsp3) is 0.533. The number of carboxylic acid groups (broad SMARTS) is 1. The summed E-state index contributed by atoms with van der Waals surface area (Å²) in [5, 5.41) is 9.02. The van der Waals surface area contributed by atoms with Crippen molar-refractivity contribution in [2.75, 3.05) is 6.61 Å². The van der Waals surface area contributed by atoms with Crippen LogP contribution in [0.25, 0.3) is 0 Å². The lowest BCUT2D eigenvalue weighted by molar-refractivity contribution is -0.147. The summed E-state index contributed by atoms with van der Waals surface area (Å²) >= 11 is 0. The third-order valence-electron chi connectivity index (χ3n) is 2.94. The predicted molar refractivity (Wildman–Crippen MR) is 72.1 cm³/mol. The average Bonchev–Trinajstić information content (AvgIpc) is 2.35. The maximum atomic E-state index is 11.0.